The summed E-state index contributed by atoms with van der Waals surface area (Å²) in [7, 11) is 5.07. The molecule has 0 radical (unpaired) electrons. The van der Waals surface area contributed by atoms with Crippen LogP contribution in [-0.2, 0) is 4.74 Å². The molecule has 0 aromatic carbocycles. The Morgan fingerprint density at radius 2 is 2.00 bits per heavy atom. The Balaban J connectivity index is 2.88. The van der Waals surface area contributed by atoms with E-state index in [2.05, 4.69) is 27.5 Å². The molecule has 0 bridgehead atoms. The molecule has 96 valence electrons. The molecule has 1 rings (SSSR count). The van der Waals surface area contributed by atoms with E-state index < -0.39 is 0 Å². The van der Waals surface area contributed by atoms with Gasteiger partial charge in [-0.3, -0.25) is 0 Å². The van der Waals surface area contributed by atoms with Crippen LogP contribution >= 0.6 is 0 Å². The lowest BCUT2D eigenvalue weighted by Gasteiger charge is -2.19. The minimum absolute atomic E-state index is 0.202. The van der Waals surface area contributed by atoms with Gasteiger partial charge in [-0.2, -0.15) is 0 Å². The van der Waals surface area contributed by atoms with Crippen LogP contribution in [0.25, 0.3) is 0 Å². The number of methoxy groups -OCH3 is 2. The minimum Gasteiger partial charge on any atom is -0.490 e. The SMILES string of the molecule is CCC(COC)Nc1ncnc(NC)c1OC. The summed E-state index contributed by atoms with van der Waals surface area (Å²) < 4.78 is 10.4. The third-order valence-electron chi connectivity index (χ3n) is 2.45. The van der Waals surface area contributed by atoms with Gasteiger partial charge in [-0.05, 0) is 6.42 Å². The molecule has 1 atom stereocenters. The van der Waals surface area contributed by atoms with E-state index in [0.717, 1.165) is 6.42 Å². The van der Waals surface area contributed by atoms with Crippen LogP contribution in [0.5, 0.6) is 5.75 Å². The van der Waals surface area contributed by atoms with Gasteiger partial charge < -0.3 is 20.1 Å². The third kappa shape index (κ3) is 3.45. The van der Waals surface area contributed by atoms with Gasteiger partial charge in [0.15, 0.2) is 11.6 Å². The normalized spacial score (nSPS) is 12.0. The number of anilines is 2. The van der Waals surface area contributed by atoms with E-state index >= 15 is 0 Å². The fraction of sp³-hybridized carbons (Fsp3) is 0.636. The van der Waals surface area contributed by atoms with Gasteiger partial charge >= 0.3 is 0 Å². The van der Waals surface area contributed by atoms with Gasteiger partial charge in [-0.1, -0.05) is 6.92 Å². The molecule has 6 nitrogen and oxygen atoms in total. The molecule has 0 saturated heterocycles. The lowest BCUT2D eigenvalue weighted by molar-refractivity contribution is 0.184. The van der Waals surface area contributed by atoms with E-state index in [1.165, 1.54) is 6.33 Å². The van der Waals surface area contributed by atoms with E-state index in [1.807, 2.05) is 0 Å². The minimum atomic E-state index is 0.202. The second-order valence-corrected chi connectivity index (χ2v) is 3.56. The van der Waals surface area contributed by atoms with Crippen molar-refractivity contribution in [2.45, 2.75) is 19.4 Å². The van der Waals surface area contributed by atoms with Crippen molar-refractivity contribution in [3.05, 3.63) is 6.33 Å². The van der Waals surface area contributed by atoms with Gasteiger partial charge in [-0.25, -0.2) is 9.97 Å². The van der Waals surface area contributed by atoms with Crippen molar-refractivity contribution in [1.29, 1.82) is 0 Å². The zero-order valence-electron chi connectivity index (χ0n) is 10.8. The molecule has 2 N–H and O–H groups in total. The van der Waals surface area contributed by atoms with E-state index in [0.29, 0.717) is 24.0 Å². The molecule has 0 fully saturated rings. The van der Waals surface area contributed by atoms with E-state index in [9.17, 15) is 0 Å². The maximum absolute atomic E-state index is 5.30. The monoisotopic (exact) mass is 240 g/mol. The first-order valence-electron chi connectivity index (χ1n) is 5.59. The maximum atomic E-state index is 5.30. The molecule has 0 spiro atoms. The average molecular weight is 240 g/mol. The van der Waals surface area contributed by atoms with Crippen LogP contribution < -0.4 is 15.4 Å². The van der Waals surface area contributed by atoms with Gasteiger partial charge in [0, 0.05) is 14.2 Å². The molecule has 1 aromatic heterocycles. The van der Waals surface area contributed by atoms with Crippen molar-refractivity contribution in [1.82, 2.24) is 9.97 Å². The van der Waals surface area contributed by atoms with Gasteiger partial charge in [-0.15, -0.1) is 0 Å². The molecular weight excluding hydrogens is 220 g/mol. The molecule has 0 aliphatic carbocycles. The highest BCUT2D eigenvalue weighted by atomic mass is 16.5. The van der Waals surface area contributed by atoms with E-state index in [-0.39, 0.29) is 6.04 Å². The van der Waals surface area contributed by atoms with Gasteiger partial charge in [0.2, 0.25) is 5.75 Å². The van der Waals surface area contributed by atoms with E-state index in [1.54, 1.807) is 21.3 Å². The second-order valence-electron chi connectivity index (χ2n) is 3.56. The molecule has 0 aliphatic rings. The van der Waals surface area contributed by atoms with Crippen molar-refractivity contribution in [3.63, 3.8) is 0 Å². The standard InChI is InChI=1S/C11H20N4O2/c1-5-8(6-16-3)15-11-9(17-4)10(12-2)13-7-14-11/h7-8H,5-6H2,1-4H3,(H2,12,13,14,15). The Labute approximate surface area is 102 Å². The number of aromatic nitrogens is 2. The third-order valence-corrected chi connectivity index (χ3v) is 2.45. The Morgan fingerprint density at radius 3 is 2.53 bits per heavy atom. The number of nitrogens with zero attached hydrogens (tertiary/aromatic N) is 2. The number of rotatable bonds is 7. The van der Waals surface area contributed by atoms with Gasteiger partial charge in [0.05, 0.1) is 19.8 Å². The van der Waals surface area contributed by atoms with Crippen LogP contribution in [0.3, 0.4) is 0 Å². The zero-order valence-corrected chi connectivity index (χ0v) is 10.8. The number of hydrogen-bond acceptors (Lipinski definition) is 6. The Morgan fingerprint density at radius 1 is 1.29 bits per heavy atom. The Bertz CT molecular complexity index is 346. The largest absolute Gasteiger partial charge is 0.490 e. The summed E-state index contributed by atoms with van der Waals surface area (Å²) in [6, 6.07) is 0.202. The Kier molecular flexibility index (Phi) is 5.48. The molecule has 0 amide bonds. The molecule has 6 heteroatoms. The van der Waals surface area contributed by atoms with Crippen LogP contribution in [0.2, 0.25) is 0 Å². The quantitative estimate of drug-likeness (QED) is 0.750. The van der Waals surface area contributed by atoms with Gasteiger partial charge in [0.25, 0.3) is 0 Å². The summed E-state index contributed by atoms with van der Waals surface area (Å²) in [6.07, 6.45) is 2.44. The van der Waals surface area contributed by atoms with Crippen LogP contribution in [0, 0.1) is 0 Å². The number of ether oxygens (including phenoxy) is 2. The molecule has 1 unspecified atom stereocenters. The van der Waals surface area contributed by atoms with Crippen molar-refractivity contribution in [2.24, 2.45) is 0 Å². The predicted octanol–water partition coefficient (Wildman–Crippen LogP) is 1.36. The first-order valence-corrected chi connectivity index (χ1v) is 5.59. The lowest BCUT2D eigenvalue weighted by Crippen LogP contribution is -2.25. The van der Waals surface area contributed by atoms with Crippen molar-refractivity contribution in [2.75, 3.05) is 38.5 Å². The summed E-state index contributed by atoms with van der Waals surface area (Å²) >= 11 is 0. The summed E-state index contributed by atoms with van der Waals surface area (Å²) in [4.78, 5) is 8.27. The fourth-order valence-corrected chi connectivity index (χ4v) is 1.50. The first kappa shape index (κ1) is 13.5. The maximum Gasteiger partial charge on any atom is 0.204 e. The van der Waals surface area contributed by atoms with Crippen molar-refractivity contribution in [3.8, 4) is 5.75 Å². The molecule has 17 heavy (non-hydrogen) atoms. The average Bonchev–Trinajstić information content (AvgIpc) is 2.37. The van der Waals surface area contributed by atoms with Gasteiger partial charge in [0.1, 0.15) is 6.33 Å². The van der Waals surface area contributed by atoms with Crippen LogP contribution in [0.4, 0.5) is 11.6 Å². The van der Waals surface area contributed by atoms with Crippen molar-refractivity contribution < 1.29 is 9.47 Å². The molecule has 1 heterocycles. The highest BCUT2D eigenvalue weighted by Crippen LogP contribution is 2.29. The highest BCUT2D eigenvalue weighted by molar-refractivity contribution is 5.63. The molecule has 1 aromatic rings. The fourth-order valence-electron chi connectivity index (χ4n) is 1.50. The molecule has 0 saturated carbocycles. The lowest BCUT2D eigenvalue weighted by atomic mass is 10.2. The molecule has 0 aliphatic heterocycles. The zero-order chi connectivity index (χ0) is 12.7. The number of hydrogen-bond donors (Lipinski definition) is 2. The van der Waals surface area contributed by atoms with Crippen LogP contribution in [-0.4, -0.2) is 43.9 Å². The Hall–Kier alpha value is -1.56. The van der Waals surface area contributed by atoms with E-state index in [4.69, 9.17) is 9.47 Å². The summed E-state index contributed by atoms with van der Waals surface area (Å²) in [5, 5.41) is 6.25. The summed E-state index contributed by atoms with van der Waals surface area (Å²) in [5.41, 5.74) is 0. The molecular formula is C11H20N4O2. The highest BCUT2D eigenvalue weighted by Gasteiger charge is 2.14. The second kappa shape index (κ2) is 6.90. The summed E-state index contributed by atoms with van der Waals surface area (Å²) in [6.45, 7) is 2.71. The van der Waals surface area contributed by atoms with Crippen LogP contribution in [0.15, 0.2) is 6.33 Å². The predicted molar refractivity (Wildman–Crippen MR) is 67.7 cm³/mol. The van der Waals surface area contributed by atoms with Crippen LogP contribution in [0.1, 0.15) is 13.3 Å². The topological polar surface area (TPSA) is 68.3 Å². The van der Waals surface area contributed by atoms with Crippen molar-refractivity contribution >= 4 is 11.6 Å². The summed E-state index contributed by atoms with van der Waals surface area (Å²) in [5.74, 6) is 1.96. The first-order chi connectivity index (χ1) is 8.26. The number of nitrogens with one attached hydrogen (secondary N) is 2. The smallest absolute Gasteiger partial charge is 0.204 e.